The standard InChI is InChI=1S/C23H26FN5O2/c1-16-22(29(27-26-16)20-5-3-19(24)4-6-20)15-31-23-7-2-18-13-28(10-8-21(18)25-23)12-17-9-11-30-14-17/h2-7,17H,8-15H2,1H3. The first-order valence-corrected chi connectivity index (χ1v) is 10.7. The van der Waals surface area contributed by atoms with Crippen molar-refractivity contribution in [3.8, 4) is 11.6 Å². The molecule has 8 heteroatoms. The Hall–Kier alpha value is -2.84. The van der Waals surface area contributed by atoms with Gasteiger partial charge in [0.1, 0.15) is 18.1 Å². The first-order valence-electron chi connectivity index (χ1n) is 10.7. The van der Waals surface area contributed by atoms with Crippen LogP contribution in [0.1, 0.15) is 29.1 Å². The van der Waals surface area contributed by atoms with Crippen LogP contribution >= 0.6 is 0 Å². The number of hydrogen-bond donors (Lipinski definition) is 0. The summed E-state index contributed by atoms with van der Waals surface area (Å²) in [6.45, 7) is 6.99. The predicted octanol–water partition coefficient (Wildman–Crippen LogP) is 3.08. The summed E-state index contributed by atoms with van der Waals surface area (Å²) >= 11 is 0. The lowest BCUT2D eigenvalue weighted by Crippen LogP contribution is -2.35. The molecule has 2 aliphatic rings. The Morgan fingerprint density at radius 1 is 1.19 bits per heavy atom. The summed E-state index contributed by atoms with van der Waals surface area (Å²) in [4.78, 5) is 7.25. The zero-order valence-corrected chi connectivity index (χ0v) is 17.6. The van der Waals surface area contributed by atoms with E-state index in [1.165, 1.54) is 17.7 Å². The average Bonchev–Trinajstić information content (AvgIpc) is 3.42. The molecule has 3 aromatic rings. The Morgan fingerprint density at radius 2 is 2.06 bits per heavy atom. The minimum absolute atomic E-state index is 0.285. The Bertz CT molecular complexity index is 1050. The van der Waals surface area contributed by atoms with Crippen molar-refractivity contribution >= 4 is 0 Å². The quantitative estimate of drug-likeness (QED) is 0.607. The van der Waals surface area contributed by atoms with Crippen LogP contribution in [-0.2, 0) is 24.3 Å². The van der Waals surface area contributed by atoms with Gasteiger partial charge in [-0.3, -0.25) is 4.90 Å². The molecule has 7 nitrogen and oxygen atoms in total. The predicted molar refractivity (Wildman–Crippen MR) is 113 cm³/mol. The number of aryl methyl sites for hydroxylation is 1. The molecule has 1 fully saturated rings. The normalized spacial score (nSPS) is 18.8. The van der Waals surface area contributed by atoms with Gasteiger partial charge in [0.25, 0.3) is 0 Å². The Labute approximate surface area is 180 Å². The van der Waals surface area contributed by atoms with Crippen molar-refractivity contribution in [2.24, 2.45) is 5.92 Å². The fraction of sp³-hybridized carbons (Fsp3) is 0.435. The van der Waals surface area contributed by atoms with Gasteiger partial charge in [0.2, 0.25) is 5.88 Å². The van der Waals surface area contributed by atoms with Gasteiger partial charge in [-0.1, -0.05) is 11.3 Å². The van der Waals surface area contributed by atoms with E-state index in [2.05, 4.69) is 21.3 Å². The third kappa shape index (κ3) is 4.45. The average molecular weight is 423 g/mol. The van der Waals surface area contributed by atoms with Crippen LogP contribution in [0.2, 0.25) is 0 Å². The van der Waals surface area contributed by atoms with Crippen molar-refractivity contribution in [2.75, 3.05) is 26.3 Å². The molecule has 0 N–H and O–H groups in total. The lowest BCUT2D eigenvalue weighted by molar-refractivity contribution is 0.161. The van der Waals surface area contributed by atoms with Crippen LogP contribution in [-0.4, -0.2) is 51.2 Å². The van der Waals surface area contributed by atoms with Crippen molar-refractivity contribution in [3.63, 3.8) is 0 Å². The van der Waals surface area contributed by atoms with Crippen molar-refractivity contribution in [3.05, 3.63) is 64.9 Å². The van der Waals surface area contributed by atoms with Gasteiger partial charge in [-0.2, -0.15) is 0 Å². The molecule has 0 aliphatic carbocycles. The molecule has 0 radical (unpaired) electrons. The topological polar surface area (TPSA) is 65.3 Å². The number of aromatic nitrogens is 4. The largest absolute Gasteiger partial charge is 0.471 e. The monoisotopic (exact) mass is 423 g/mol. The SMILES string of the molecule is Cc1nnn(-c2ccc(F)cc2)c1COc1ccc2c(n1)CCN(CC1CCOC1)C2. The highest BCUT2D eigenvalue weighted by Gasteiger charge is 2.23. The van der Waals surface area contributed by atoms with Gasteiger partial charge >= 0.3 is 0 Å². The molecule has 1 aromatic carbocycles. The lowest BCUT2D eigenvalue weighted by atomic mass is 10.0. The number of fused-ring (bicyclic) bond motifs is 1. The molecule has 0 amide bonds. The molecule has 5 rings (SSSR count). The van der Waals surface area contributed by atoms with Gasteiger partial charge < -0.3 is 9.47 Å². The first-order chi connectivity index (χ1) is 15.2. The number of benzene rings is 1. The molecular formula is C23H26FN5O2. The first kappa shape index (κ1) is 20.1. The van der Waals surface area contributed by atoms with E-state index in [0.717, 1.165) is 68.5 Å². The minimum atomic E-state index is -0.285. The maximum Gasteiger partial charge on any atom is 0.213 e. The van der Waals surface area contributed by atoms with E-state index in [-0.39, 0.29) is 12.4 Å². The second kappa shape index (κ2) is 8.72. The van der Waals surface area contributed by atoms with Crippen molar-refractivity contribution in [1.82, 2.24) is 24.9 Å². The van der Waals surface area contributed by atoms with E-state index in [1.54, 1.807) is 16.8 Å². The number of nitrogens with zero attached hydrogens (tertiary/aromatic N) is 5. The number of halogens is 1. The zero-order valence-electron chi connectivity index (χ0n) is 17.6. The van der Waals surface area contributed by atoms with Crippen LogP contribution in [0, 0.1) is 18.7 Å². The van der Waals surface area contributed by atoms with Crippen molar-refractivity contribution < 1.29 is 13.9 Å². The van der Waals surface area contributed by atoms with Gasteiger partial charge in [0.05, 0.1) is 23.7 Å². The van der Waals surface area contributed by atoms with Gasteiger partial charge in [-0.25, -0.2) is 14.1 Å². The van der Waals surface area contributed by atoms with Crippen LogP contribution in [0.3, 0.4) is 0 Å². The molecule has 162 valence electrons. The molecule has 0 bridgehead atoms. The molecule has 31 heavy (non-hydrogen) atoms. The molecular weight excluding hydrogens is 397 g/mol. The van der Waals surface area contributed by atoms with Crippen LogP contribution in [0.4, 0.5) is 4.39 Å². The van der Waals surface area contributed by atoms with Crippen molar-refractivity contribution in [2.45, 2.75) is 32.9 Å². The second-order valence-electron chi connectivity index (χ2n) is 8.27. The molecule has 0 spiro atoms. The molecule has 1 saturated heterocycles. The highest BCUT2D eigenvalue weighted by Crippen LogP contribution is 2.24. The Morgan fingerprint density at radius 3 is 2.87 bits per heavy atom. The van der Waals surface area contributed by atoms with E-state index in [9.17, 15) is 4.39 Å². The second-order valence-corrected chi connectivity index (χ2v) is 8.27. The summed E-state index contributed by atoms with van der Waals surface area (Å²) in [7, 11) is 0. The highest BCUT2D eigenvalue weighted by molar-refractivity contribution is 5.34. The van der Waals surface area contributed by atoms with E-state index < -0.39 is 0 Å². The number of pyridine rings is 1. The van der Waals surface area contributed by atoms with E-state index in [0.29, 0.717) is 11.8 Å². The fourth-order valence-corrected chi connectivity index (χ4v) is 4.26. The summed E-state index contributed by atoms with van der Waals surface area (Å²) < 4.78 is 26.4. The number of hydrogen-bond acceptors (Lipinski definition) is 6. The van der Waals surface area contributed by atoms with Gasteiger partial charge in [-0.05, 0) is 49.1 Å². The zero-order chi connectivity index (χ0) is 21.2. The van der Waals surface area contributed by atoms with Crippen LogP contribution < -0.4 is 4.74 Å². The molecule has 0 saturated carbocycles. The van der Waals surface area contributed by atoms with Gasteiger partial charge in [-0.15, -0.1) is 5.10 Å². The van der Waals surface area contributed by atoms with E-state index in [4.69, 9.17) is 14.5 Å². The third-order valence-electron chi connectivity index (χ3n) is 6.03. The molecule has 4 heterocycles. The summed E-state index contributed by atoms with van der Waals surface area (Å²) in [5.74, 6) is 0.967. The number of rotatable bonds is 6. The smallest absolute Gasteiger partial charge is 0.213 e. The summed E-state index contributed by atoms with van der Waals surface area (Å²) in [6.07, 6.45) is 2.09. The minimum Gasteiger partial charge on any atom is -0.471 e. The Balaban J connectivity index is 1.25. The van der Waals surface area contributed by atoms with Crippen LogP contribution in [0.5, 0.6) is 5.88 Å². The van der Waals surface area contributed by atoms with Gasteiger partial charge in [0, 0.05) is 38.7 Å². The van der Waals surface area contributed by atoms with E-state index in [1.807, 2.05) is 13.0 Å². The summed E-state index contributed by atoms with van der Waals surface area (Å²) in [6, 6.07) is 10.2. The van der Waals surface area contributed by atoms with E-state index >= 15 is 0 Å². The maximum absolute atomic E-state index is 13.3. The van der Waals surface area contributed by atoms with Crippen LogP contribution in [0.15, 0.2) is 36.4 Å². The Kier molecular flexibility index (Phi) is 5.65. The third-order valence-corrected chi connectivity index (χ3v) is 6.03. The lowest BCUT2D eigenvalue weighted by Gasteiger charge is -2.30. The van der Waals surface area contributed by atoms with Crippen molar-refractivity contribution in [1.29, 1.82) is 0 Å². The van der Waals surface area contributed by atoms with Crippen LogP contribution in [0.25, 0.3) is 5.69 Å². The number of ether oxygens (including phenoxy) is 2. The summed E-state index contributed by atoms with van der Waals surface area (Å²) in [5, 5.41) is 8.33. The maximum atomic E-state index is 13.3. The molecule has 2 aliphatic heterocycles. The molecule has 2 aromatic heterocycles. The summed E-state index contributed by atoms with van der Waals surface area (Å²) in [5.41, 5.74) is 4.71. The highest BCUT2D eigenvalue weighted by atomic mass is 19.1. The van der Waals surface area contributed by atoms with Gasteiger partial charge in [0.15, 0.2) is 0 Å². The fourth-order valence-electron chi connectivity index (χ4n) is 4.26. The molecule has 1 unspecified atom stereocenters. The molecule has 1 atom stereocenters.